The van der Waals surface area contributed by atoms with Gasteiger partial charge in [-0.3, -0.25) is 37.3 Å². The molecule has 0 fully saturated rings. The summed E-state index contributed by atoms with van der Waals surface area (Å²) in [5.41, 5.74) is 0. The Morgan fingerprint density at radius 2 is 0.484 bits per heavy atom. The number of rotatable bonds is 76. The van der Waals surface area contributed by atoms with Gasteiger partial charge in [0, 0.05) is 25.7 Å². The second-order valence-electron chi connectivity index (χ2n) is 27.9. The lowest BCUT2D eigenvalue weighted by atomic mass is 10.0. The zero-order valence-electron chi connectivity index (χ0n) is 61.8. The molecular weight excluding hydrogens is 1250 g/mol. The number of hydrogen-bond acceptors (Lipinski definition) is 15. The normalized spacial score (nSPS) is 13.9. The highest BCUT2D eigenvalue weighted by Gasteiger charge is 2.30. The lowest BCUT2D eigenvalue weighted by Crippen LogP contribution is -2.30. The van der Waals surface area contributed by atoms with Crippen LogP contribution in [0, 0.1) is 5.92 Å². The SMILES string of the molecule is CCCCCCCCCCCCCCCCCCC(=O)OC[C@H](COP(=O)(O)OC[C@@H](O)COP(=O)(O)OC[C@@H](COC(=O)CCCCCCCCCCC)OC(=O)CCCCCCCCCCCCCCCC)OC(=O)CCCCCCCCCCCCCCCC(C)C. The Kier molecular flexibility index (Phi) is 67.7. The summed E-state index contributed by atoms with van der Waals surface area (Å²) in [6, 6.07) is 0. The minimum absolute atomic E-state index is 0.108. The van der Waals surface area contributed by atoms with Gasteiger partial charge in [-0.25, -0.2) is 9.13 Å². The molecule has 0 aliphatic heterocycles. The summed E-state index contributed by atoms with van der Waals surface area (Å²) in [6.45, 7) is 7.30. The summed E-state index contributed by atoms with van der Waals surface area (Å²) in [5.74, 6) is -1.33. The molecule has 19 heteroatoms. The molecule has 564 valence electrons. The van der Waals surface area contributed by atoms with E-state index in [2.05, 4.69) is 34.6 Å². The minimum atomic E-state index is -4.96. The van der Waals surface area contributed by atoms with Crippen LogP contribution >= 0.6 is 15.6 Å². The average Bonchev–Trinajstić information content (AvgIpc) is 2.65. The van der Waals surface area contributed by atoms with Crippen molar-refractivity contribution in [1.82, 2.24) is 0 Å². The van der Waals surface area contributed by atoms with Crippen molar-refractivity contribution in [2.45, 2.75) is 419 Å². The van der Waals surface area contributed by atoms with E-state index < -0.39 is 97.5 Å². The number of aliphatic hydroxyl groups excluding tert-OH is 1. The van der Waals surface area contributed by atoms with Crippen LogP contribution in [0.5, 0.6) is 0 Å². The first-order valence-corrected chi connectivity index (χ1v) is 42.6. The first-order chi connectivity index (χ1) is 46.0. The summed E-state index contributed by atoms with van der Waals surface area (Å²) < 4.78 is 68.5. The summed E-state index contributed by atoms with van der Waals surface area (Å²) in [5, 5.41) is 10.6. The lowest BCUT2D eigenvalue weighted by Gasteiger charge is -2.21. The second kappa shape index (κ2) is 69.2. The molecule has 2 unspecified atom stereocenters. The number of esters is 4. The van der Waals surface area contributed by atoms with Crippen LogP contribution in [0.2, 0.25) is 0 Å². The van der Waals surface area contributed by atoms with Gasteiger partial charge in [-0.05, 0) is 31.6 Å². The predicted octanol–water partition coefficient (Wildman–Crippen LogP) is 22.5. The molecule has 95 heavy (non-hydrogen) atoms. The maximum absolute atomic E-state index is 13.1. The summed E-state index contributed by atoms with van der Waals surface area (Å²) in [7, 11) is -9.91. The number of ether oxygens (including phenoxy) is 4. The number of phosphoric ester groups is 2. The number of unbranched alkanes of at least 4 members (excludes halogenated alkanes) is 48. The van der Waals surface area contributed by atoms with Crippen LogP contribution in [0.4, 0.5) is 0 Å². The van der Waals surface area contributed by atoms with Gasteiger partial charge >= 0.3 is 39.5 Å². The molecule has 17 nitrogen and oxygen atoms in total. The Morgan fingerprint density at radius 3 is 0.716 bits per heavy atom. The molecule has 0 aliphatic carbocycles. The molecule has 0 bridgehead atoms. The van der Waals surface area contributed by atoms with Crippen molar-refractivity contribution in [2.24, 2.45) is 5.92 Å². The molecule has 0 radical (unpaired) electrons. The van der Waals surface area contributed by atoms with Gasteiger partial charge in [0.2, 0.25) is 0 Å². The number of aliphatic hydroxyl groups is 1. The molecule has 0 heterocycles. The van der Waals surface area contributed by atoms with Crippen molar-refractivity contribution in [3.63, 3.8) is 0 Å². The standard InChI is InChI=1S/C76H148O17P2/c1-6-9-12-15-18-21-23-25-27-28-32-35-40-45-50-55-60-74(79)87-66-72(93-76(81)62-57-52-47-42-37-33-29-30-34-39-43-48-53-58-69(4)5)68-91-95(84,85)89-64-70(77)63-88-94(82,83)90-67-71(65-86-73(78)59-54-49-44-38-20-17-14-11-8-3)92-75(80)61-56-51-46-41-36-31-26-24-22-19-16-13-10-7-2/h69-72,77H,6-68H2,1-5H3,(H,82,83)(H,84,85)/t70-,71+,72+/m0/s1. The first kappa shape index (κ1) is 93.1. The third kappa shape index (κ3) is 70.3. The zero-order chi connectivity index (χ0) is 69.8. The van der Waals surface area contributed by atoms with E-state index in [1.54, 1.807) is 0 Å². The van der Waals surface area contributed by atoms with E-state index in [0.29, 0.717) is 25.7 Å². The largest absolute Gasteiger partial charge is 0.472 e. The Hall–Kier alpha value is -1.94. The third-order valence-electron chi connectivity index (χ3n) is 17.8. The van der Waals surface area contributed by atoms with E-state index >= 15 is 0 Å². The number of hydrogen-bond donors (Lipinski definition) is 3. The molecule has 0 spiro atoms. The third-order valence-corrected chi connectivity index (χ3v) is 19.7. The van der Waals surface area contributed by atoms with E-state index in [1.807, 2.05) is 0 Å². The monoisotopic (exact) mass is 1400 g/mol. The van der Waals surface area contributed by atoms with Gasteiger partial charge in [0.1, 0.15) is 19.3 Å². The van der Waals surface area contributed by atoms with Gasteiger partial charge in [-0.2, -0.15) is 0 Å². The highest BCUT2D eigenvalue weighted by molar-refractivity contribution is 7.47. The van der Waals surface area contributed by atoms with Crippen LogP contribution in [-0.4, -0.2) is 96.7 Å². The van der Waals surface area contributed by atoms with E-state index in [-0.39, 0.29) is 25.7 Å². The molecule has 0 saturated heterocycles. The molecular formula is C76H148O17P2. The van der Waals surface area contributed by atoms with Crippen LogP contribution in [0.3, 0.4) is 0 Å². The van der Waals surface area contributed by atoms with Crippen LogP contribution in [0.1, 0.15) is 401 Å². The van der Waals surface area contributed by atoms with E-state index in [4.69, 9.17) is 37.0 Å². The van der Waals surface area contributed by atoms with Crippen molar-refractivity contribution >= 4 is 39.5 Å². The van der Waals surface area contributed by atoms with Crippen LogP contribution in [-0.2, 0) is 65.4 Å². The maximum Gasteiger partial charge on any atom is 0.472 e. The van der Waals surface area contributed by atoms with Crippen molar-refractivity contribution < 1.29 is 80.2 Å². The summed E-state index contributed by atoms with van der Waals surface area (Å²) >= 11 is 0. The molecule has 0 rings (SSSR count). The van der Waals surface area contributed by atoms with Crippen molar-refractivity contribution in [1.29, 1.82) is 0 Å². The second-order valence-corrected chi connectivity index (χ2v) is 30.8. The molecule has 0 aromatic carbocycles. The number of phosphoric acid groups is 2. The number of carbonyl (C=O) groups is 4. The highest BCUT2D eigenvalue weighted by atomic mass is 31.2. The van der Waals surface area contributed by atoms with Crippen LogP contribution in [0.25, 0.3) is 0 Å². The van der Waals surface area contributed by atoms with Crippen molar-refractivity contribution in [3.05, 3.63) is 0 Å². The van der Waals surface area contributed by atoms with Gasteiger partial charge in [-0.1, -0.05) is 349 Å². The Labute approximate surface area is 581 Å². The molecule has 0 aromatic heterocycles. The maximum atomic E-state index is 13.1. The Bertz CT molecular complexity index is 1820. The molecule has 3 N–H and O–H groups in total. The number of carbonyl (C=O) groups excluding carboxylic acids is 4. The van der Waals surface area contributed by atoms with Crippen LogP contribution in [0.15, 0.2) is 0 Å². The topological polar surface area (TPSA) is 237 Å². The Morgan fingerprint density at radius 1 is 0.284 bits per heavy atom. The lowest BCUT2D eigenvalue weighted by molar-refractivity contribution is -0.161. The van der Waals surface area contributed by atoms with Gasteiger partial charge in [-0.15, -0.1) is 0 Å². The summed E-state index contributed by atoms with van der Waals surface area (Å²) in [6.07, 6.45) is 58.1. The van der Waals surface area contributed by atoms with Gasteiger partial charge in [0.15, 0.2) is 12.2 Å². The molecule has 0 aromatic rings. The molecule has 0 aliphatic rings. The minimum Gasteiger partial charge on any atom is -0.462 e. The van der Waals surface area contributed by atoms with Crippen LogP contribution < -0.4 is 0 Å². The quantitative estimate of drug-likeness (QED) is 0.0222. The Balaban J connectivity index is 5.23. The smallest absolute Gasteiger partial charge is 0.462 e. The van der Waals surface area contributed by atoms with Gasteiger partial charge in [0.05, 0.1) is 26.4 Å². The average molecular weight is 1400 g/mol. The summed E-state index contributed by atoms with van der Waals surface area (Å²) in [4.78, 5) is 72.8. The highest BCUT2D eigenvalue weighted by Crippen LogP contribution is 2.45. The van der Waals surface area contributed by atoms with Gasteiger partial charge < -0.3 is 33.8 Å². The molecule has 5 atom stereocenters. The molecule has 0 saturated carbocycles. The van der Waals surface area contributed by atoms with E-state index in [1.165, 1.54) is 225 Å². The van der Waals surface area contributed by atoms with E-state index in [9.17, 15) is 43.2 Å². The fraction of sp³-hybridized carbons (Fsp3) is 0.947. The molecule has 0 amide bonds. The first-order valence-electron chi connectivity index (χ1n) is 39.6. The van der Waals surface area contributed by atoms with Crippen molar-refractivity contribution in [2.75, 3.05) is 39.6 Å². The fourth-order valence-electron chi connectivity index (χ4n) is 11.7. The van der Waals surface area contributed by atoms with Gasteiger partial charge in [0.25, 0.3) is 0 Å². The zero-order valence-corrected chi connectivity index (χ0v) is 63.6. The fourth-order valence-corrected chi connectivity index (χ4v) is 13.3. The predicted molar refractivity (Wildman–Crippen MR) is 386 cm³/mol. The van der Waals surface area contributed by atoms with E-state index in [0.717, 1.165) is 95.8 Å². The van der Waals surface area contributed by atoms with Crippen molar-refractivity contribution in [3.8, 4) is 0 Å².